The van der Waals surface area contributed by atoms with Gasteiger partial charge in [0.1, 0.15) is 6.04 Å². The van der Waals surface area contributed by atoms with E-state index < -0.39 is 6.04 Å². The summed E-state index contributed by atoms with van der Waals surface area (Å²) in [7, 11) is 4.08. The number of fused-ring (bicyclic) bond motifs is 2. The number of H-pyrrole nitrogens is 1. The Morgan fingerprint density at radius 1 is 1.00 bits per heavy atom. The van der Waals surface area contributed by atoms with Gasteiger partial charge < -0.3 is 25.0 Å². The monoisotopic (exact) mass is 625 g/mol. The van der Waals surface area contributed by atoms with Crippen molar-refractivity contribution in [2.24, 2.45) is 11.8 Å². The lowest BCUT2D eigenvalue weighted by Crippen LogP contribution is -2.54. The Labute approximate surface area is 269 Å². The van der Waals surface area contributed by atoms with Crippen molar-refractivity contribution in [1.82, 2.24) is 20.1 Å². The van der Waals surface area contributed by atoms with Gasteiger partial charge in [-0.05, 0) is 86.8 Å². The van der Waals surface area contributed by atoms with Crippen molar-refractivity contribution in [3.63, 3.8) is 0 Å². The van der Waals surface area contributed by atoms with Crippen LogP contribution >= 0.6 is 11.6 Å². The molecule has 0 spiro atoms. The fourth-order valence-corrected chi connectivity index (χ4v) is 7.06. The number of carbonyl (C=O) groups is 3. The Bertz CT molecular complexity index is 1680. The summed E-state index contributed by atoms with van der Waals surface area (Å²) >= 11 is 6.39. The smallest absolute Gasteiger partial charge is 0.253 e. The number of aromatic amines is 1. The molecule has 0 radical (unpaired) electrons. The number of amides is 3. The van der Waals surface area contributed by atoms with E-state index in [-0.39, 0.29) is 29.6 Å². The number of benzene rings is 3. The molecule has 1 fully saturated rings. The third-order valence-corrected chi connectivity index (χ3v) is 9.29. The van der Waals surface area contributed by atoms with Crippen LogP contribution in [0, 0.1) is 11.8 Å². The van der Waals surface area contributed by atoms with Crippen LogP contribution in [0.3, 0.4) is 0 Å². The molecule has 0 unspecified atom stereocenters. The van der Waals surface area contributed by atoms with Gasteiger partial charge in [0.2, 0.25) is 11.8 Å². The van der Waals surface area contributed by atoms with Gasteiger partial charge in [-0.2, -0.15) is 0 Å². The molecular weight excluding hydrogens is 586 g/mol. The summed E-state index contributed by atoms with van der Waals surface area (Å²) in [5.74, 6) is -0.337. The van der Waals surface area contributed by atoms with Crippen molar-refractivity contribution in [2.45, 2.75) is 31.7 Å². The highest BCUT2D eigenvalue weighted by atomic mass is 35.5. The van der Waals surface area contributed by atoms with Crippen LogP contribution in [-0.2, 0) is 22.4 Å². The van der Waals surface area contributed by atoms with Crippen LogP contribution < -0.4 is 10.2 Å². The zero-order valence-corrected chi connectivity index (χ0v) is 26.6. The maximum atomic E-state index is 14.6. The number of para-hydroxylation sites is 1. The van der Waals surface area contributed by atoms with E-state index in [1.165, 1.54) is 0 Å². The molecule has 45 heavy (non-hydrogen) atoms. The van der Waals surface area contributed by atoms with Crippen LogP contribution in [0.1, 0.15) is 34.3 Å². The normalized spacial score (nSPS) is 17.7. The van der Waals surface area contributed by atoms with Crippen LogP contribution in [0.2, 0.25) is 5.02 Å². The quantitative estimate of drug-likeness (QED) is 0.283. The second-order valence-corrected chi connectivity index (χ2v) is 13.0. The summed E-state index contributed by atoms with van der Waals surface area (Å²) in [5, 5.41) is 4.86. The van der Waals surface area contributed by atoms with E-state index >= 15 is 0 Å². The number of carbonyl (C=O) groups excluding carboxylic acids is 3. The molecular formula is C36H40ClN5O3. The third-order valence-electron chi connectivity index (χ3n) is 9.06. The van der Waals surface area contributed by atoms with Gasteiger partial charge in [0, 0.05) is 71.9 Å². The molecule has 6 rings (SSSR count). The van der Waals surface area contributed by atoms with E-state index in [0.717, 1.165) is 40.7 Å². The molecule has 1 aromatic heterocycles. The van der Waals surface area contributed by atoms with Crippen LogP contribution in [0.25, 0.3) is 10.9 Å². The van der Waals surface area contributed by atoms with Gasteiger partial charge in [-0.3, -0.25) is 14.4 Å². The Balaban J connectivity index is 1.23. The molecule has 0 bridgehead atoms. The second kappa shape index (κ2) is 13.5. The molecule has 0 saturated carbocycles. The van der Waals surface area contributed by atoms with E-state index in [0.29, 0.717) is 49.5 Å². The van der Waals surface area contributed by atoms with Gasteiger partial charge in [0.25, 0.3) is 5.91 Å². The number of piperidine rings is 1. The van der Waals surface area contributed by atoms with Crippen molar-refractivity contribution in [1.29, 1.82) is 0 Å². The lowest BCUT2D eigenvalue weighted by Gasteiger charge is -2.38. The van der Waals surface area contributed by atoms with Crippen LogP contribution in [0.5, 0.6) is 0 Å². The van der Waals surface area contributed by atoms with Gasteiger partial charge in [-0.1, -0.05) is 48.0 Å². The summed E-state index contributed by atoms with van der Waals surface area (Å²) in [4.78, 5) is 50.5. The molecule has 2 aliphatic rings. The SMILES string of the molecule is CN(C)C[C@@H]1Cc2cc(Cl)ccc2N(C(=O)[C@@H](Cc2c[nH]c3ccccc23)NC(=O)C2CCN(C(=O)c3ccccc3)CC2)C1. The van der Waals surface area contributed by atoms with Crippen molar-refractivity contribution in [3.05, 3.63) is 101 Å². The maximum absolute atomic E-state index is 14.6. The first-order chi connectivity index (χ1) is 21.8. The predicted octanol–water partition coefficient (Wildman–Crippen LogP) is 5.17. The van der Waals surface area contributed by atoms with Gasteiger partial charge in [0.15, 0.2) is 0 Å². The largest absolute Gasteiger partial charge is 0.361 e. The van der Waals surface area contributed by atoms with E-state index in [1.807, 2.05) is 103 Å². The number of hydrogen-bond donors (Lipinski definition) is 2. The molecule has 2 aliphatic heterocycles. The van der Waals surface area contributed by atoms with Crippen molar-refractivity contribution >= 4 is 45.9 Å². The number of nitrogens with one attached hydrogen (secondary N) is 2. The van der Waals surface area contributed by atoms with E-state index in [4.69, 9.17) is 11.6 Å². The maximum Gasteiger partial charge on any atom is 0.253 e. The van der Waals surface area contributed by atoms with Crippen LogP contribution in [0.15, 0.2) is 79.0 Å². The van der Waals surface area contributed by atoms with E-state index in [2.05, 4.69) is 15.2 Å². The van der Waals surface area contributed by atoms with E-state index in [9.17, 15) is 14.4 Å². The number of halogens is 1. The molecule has 4 aromatic rings. The highest BCUT2D eigenvalue weighted by Gasteiger charge is 2.36. The minimum Gasteiger partial charge on any atom is -0.361 e. The number of rotatable bonds is 8. The predicted molar refractivity (Wildman–Crippen MR) is 179 cm³/mol. The average Bonchev–Trinajstić information content (AvgIpc) is 3.46. The van der Waals surface area contributed by atoms with Gasteiger partial charge in [-0.25, -0.2) is 0 Å². The van der Waals surface area contributed by atoms with Crippen molar-refractivity contribution < 1.29 is 14.4 Å². The number of aromatic nitrogens is 1. The number of anilines is 1. The zero-order chi connectivity index (χ0) is 31.5. The summed E-state index contributed by atoms with van der Waals surface area (Å²) in [6.07, 6.45) is 4.22. The first-order valence-corrected chi connectivity index (χ1v) is 16.1. The first-order valence-electron chi connectivity index (χ1n) is 15.7. The summed E-state index contributed by atoms with van der Waals surface area (Å²) in [6, 6.07) is 22.2. The minimum absolute atomic E-state index is 0.0157. The molecule has 2 N–H and O–H groups in total. The zero-order valence-electron chi connectivity index (χ0n) is 25.8. The Kier molecular flexibility index (Phi) is 9.24. The Morgan fingerprint density at radius 3 is 2.49 bits per heavy atom. The lowest BCUT2D eigenvalue weighted by molar-refractivity contribution is -0.131. The Hall–Kier alpha value is -4.14. The fraction of sp³-hybridized carbons (Fsp3) is 0.361. The van der Waals surface area contributed by atoms with Crippen molar-refractivity contribution in [2.75, 3.05) is 45.2 Å². The summed E-state index contributed by atoms with van der Waals surface area (Å²) in [6.45, 7) is 2.39. The standard InChI is InChI=1S/C36H40ClN5O3/c1-40(2)22-24-18-27-19-29(37)12-13-33(27)42(23-24)36(45)32(20-28-21-38-31-11-7-6-10-30(28)31)39-34(43)25-14-16-41(17-15-25)35(44)26-8-4-3-5-9-26/h3-13,19,21,24-25,32,38H,14-18,20,22-23H2,1-2H3,(H,39,43)/t24-,32+/m0/s1. The topological polar surface area (TPSA) is 88.8 Å². The molecule has 0 aliphatic carbocycles. The minimum atomic E-state index is -0.762. The highest BCUT2D eigenvalue weighted by molar-refractivity contribution is 6.30. The average molecular weight is 626 g/mol. The fourth-order valence-electron chi connectivity index (χ4n) is 6.87. The highest BCUT2D eigenvalue weighted by Crippen LogP contribution is 2.33. The van der Waals surface area contributed by atoms with E-state index in [1.54, 1.807) is 0 Å². The second-order valence-electron chi connectivity index (χ2n) is 12.6. The van der Waals surface area contributed by atoms with Gasteiger partial charge >= 0.3 is 0 Å². The molecule has 9 heteroatoms. The molecule has 3 aromatic carbocycles. The molecule has 2 atom stereocenters. The first kappa shape index (κ1) is 30.9. The van der Waals surface area contributed by atoms with Crippen LogP contribution in [0.4, 0.5) is 5.69 Å². The number of nitrogens with zero attached hydrogens (tertiary/aromatic N) is 3. The number of hydrogen-bond acceptors (Lipinski definition) is 4. The Morgan fingerprint density at radius 2 is 1.73 bits per heavy atom. The molecule has 234 valence electrons. The van der Waals surface area contributed by atoms with Crippen LogP contribution in [-0.4, -0.2) is 78.8 Å². The molecule has 3 heterocycles. The summed E-state index contributed by atoms with van der Waals surface area (Å²) in [5.41, 5.74) is 4.52. The molecule has 3 amide bonds. The molecule has 8 nitrogen and oxygen atoms in total. The number of likely N-dealkylation sites (tertiary alicyclic amines) is 1. The van der Waals surface area contributed by atoms with Gasteiger partial charge in [0.05, 0.1) is 0 Å². The third kappa shape index (κ3) is 6.92. The van der Waals surface area contributed by atoms with Gasteiger partial charge in [-0.15, -0.1) is 0 Å². The molecule has 1 saturated heterocycles. The summed E-state index contributed by atoms with van der Waals surface area (Å²) < 4.78 is 0. The van der Waals surface area contributed by atoms with Crippen molar-refractivity contribution in [3.8, 4) is 0 Å². The lowest BCUT2D eigenvalue weighted by atomic mass is 9.90.